The molecule has 3 N–H and O–H groups in total. The van der Waals surface area contributed by atoms with E-state index in [0.717, 1.165) is 0 Å². The van der Waals surface area contributed by atoms with Gasteiger partial charge < -0.3 is 5.32 Å². The van der Waals surface area contributed by atoms with E-state index in [1.54, 1.807) is 30.6 Å². The molecule has 2 aromatic rings. The van der Waals surface area contributed by atoms with E-state index in [2.05, 4.69) is 43.7 Å². The fraction of sp³-hybridized carbons (Fsp3) is 0. The summed E-state index contributed by atoms with van der Waals surface area (Å²) in [6.07, 6.45) is 3.13. The number of amides is 2. The maximum Gasteiger partial charge on any atom is 0.327 e. The molecule has 2 rings (SSSR count). The van der Waals surface area contributed by atoms with Crippen LogP contribution in [0.2, 0.25) is 0 Å². The van der Waals surface area contributed by atoms with Gasteiger partial charge in [-0.15, -0.1) is 0 Å². The second-order valence-corrected chi connectivity index (χ2v) is 5.29. The fourth-order valence-corrected chi connectivity index (χ4v) is 1.92. The van der Waals surface area contributed by atoms with Crippen molar-refractivity contribution in [2.45, 2.75) is 0 Å². The molecule has 0 aliphatic rings. The molecule has 0 aliphatic heterocycles. The summed E-state index contributed by atoms with van der Waals surface area (Å²) in [4.78, 5) is 27.3. The summed E-state index contributed by atoms with van der Waals surface area (Å²) in [5.74, 6) is -2.65. The van der Waals surface area contributed by atoms with E-state index >= 15 is 0 Å². The normalized spacial score (nSPS) is 9.83. The third-order valence-electron chi connectivity index (χ3n) is 2.74. The topological polar surface area (TPSA) is 83.1 Å². The van der Waals surface area contributed by atoms with Crippen LogP contribution in [0, 0.1) is 5.82 Å². The molecule has 0 saturated heterocycles. The molecular weight excluding hydrogens is 367 g/mol. The summed E-state index contributed by atoms with van der Waals surface area (Å²) < 4.78 is 14.1. The lowest BCUT2D eigenvalue weighted by Crippen LogP contribution is -2.42. The molecule has 0 aliphatic carbocycles. The molecule has 0 bridgehead atoms. The zero-order valence-corrected chi connectivity index (χ0v) is 13.4. The Hall–Kier alpha value is -2.74. The van der Waals surface area contributed by atoms with Crippen molar-refractivity contribution in [1.29, 1.82) is 0 Å². The summed E-state index contributed by atoms with van der Waals surface area (Å²) >= 11 is 3.10. The second kappa shape index (κ2) is 7.50. The first-order chi connectivity index (χ1) is 11.0. The number of hydrazine groups is 1. The van der Waals surface area contributed by atoms with Crippen molar-refractivity contribution in [3.63, 3.8) is 0 Å². The highest BCUT2D eigenvalue weighted by atomic mass is 79.9. The number of aromatic nitrogens is 1. The highest BCUT2D eigenvalue weighted by Gasteiger charge is 2.15. The van der Waals surface area contributed by atoms with Gasteiger partial charge in [-0.2, -0.15) is 0 Å². The number of carbonyl (C=O) groups is 2. The van der Waals surface area contributed by atoms with E-state index in [1.807, 2.05) is 0 Å². The second-order valence-electron chi connectivity index (χ2n) is 4.37. The van der Waals surface area contributed by atoms with Crippen molar-refractivity contribution in [3.05, 3.63) is 65.2 Å². The minimum absolute atomic E-state index is 0.0960. The molecule has 0 saturated carbocycles. The van der Waals surface area contributed by atoms with Crippen LogP contribution in [0.25, 0.3) is 5.70 Å². The monoisotopic (exact) mass is 378 g/mol. The van der Waals surface area contributed by atoms with Gasteiger partial charge in [-0.1, -0.05) is 22.5 Å². The molecule has 0 atom stereocenters. The Balaban J connectivity index is 1.90. The minimum Gasteiger partial charge on any atom is -0.315 e. The maximum absolute atomic E-state index is 13.6. The largest absolute Gasteiger partial charge is 0.327 e. The zero-order chi connectivity index (χ0) is 16.8. The van der Waals surface area contributed by atoms with Gasteiger partial charge in [0.2, 0.25) is 0 Å². The van der Waals surface area contributed by atoms with Crippen LogP contribution in [0.4, 0.5) is 10.1 Å². The molecule has 1 aromatic carbocycles. The Kier molecular flexibility index (Phi) is 5.42. The molecular formula is C15H12BrFN4O2. The minimum atomic E-state index is -1.01. The van der Waals surface area contributed by atoms with Gasteiger partial charge in [-0.3, -0.25) is 25.4 Å². The lowest BCUT2D eigenvalue weighted by atomic mass is 10.2. The maximum atomic E-state index is 13.6. The summed E-state index contributed by atoms with van der Waals surface area (Å²) in [6, 6.07) is 7.42. The lowest BCUT2D eigenvalue weighted by molar-refractivity contribution is -0.136. The number of carbonyl (C=O) groups excluding carboxylic acids is 2. The number of benzene rings is 1. The van der Waals surface area contributed by atoms with Gasteiger partial charge in [0.25, 0.3) is 0 Å². The van der Waals surface area contributed by atoms with Crippen molar-refractivity contribution < 1.29 is 14.0 Å². The Labute approximate surface area is 139 Å². The molecule has 6 nitrogen and oxygen atoms in total. The van der Waals surface area contributed by atoms with E-state index in [-0.39, 0.29) is 5.69 Å². The number of hydrogen-bond acceptors (Lipinski definition) is 4. The summed E-state index contributed by atoms with van der Waals surface area (Å²) in [7, 11) is 0. The van der Waals surface area contributed by atoms with Crippen LogP contribution in [0.3, 0.4) is 0 Å². The molecule has 1 aromatic heterocycles. The molecule has 0 unspecified atom stereocenters. The van der Waals surface area contributed by atoms with Crippen LogP contribution >= 0.6 is 15.9 Å². The number of hydrogen-bond donors (Lipinski definition) is 3. The summed E-state index contributed by atoms with van der Waals surface area (Å²) in [6.45, 7) is 3.71. The van der Waals surface area contributed by atoms with Crippen molar-refractivity contribution in [3.8, 4) is 0 Å². The van der Waals surface area contributed by atoms with Gasteiger partial charge in [-0.05, 0) is 30.3 Å². The summed E-state index contributed by atoms with van der Waals surface area (Å²) in [5, 5.41) is 2.17. The van der Waals surface area contributed by atoms with Crippen LogP contribution in [-0.2, 0) is 9.59 Å². The van der Waals surface area contributed by atoms with Gasteiger partial charge in [0, 0.05) is 22.4 Å². The van der Waals surface area contributed by atoms with E-state index in [1.165, 1.54) is 12.1 Å². The molecule has 8 heteroatoms. The quantitative estimate of drug-likeness (QED) is 0.562. The molecule has 0 spiro atoms. The summed E-state index contributed by atoms with van der Waals surface area (Å²) in [5.41, 5.74) is 5.66. The smallest absolute Gasteiger partial charge is 0.315 e. The van der Waals surface area contributed by atoms with E-state index < -0.39 is 17.6 Å². The molecule has 23 heavy (non-hydrogen) atoms. The van der Waals surface area contributed by atoms with Gasteiger partial charge >= 0.3 is 11.8 Å². The van der Waals surface area contributed by atoms with Crippen LogP contribution in [0.15, 0.2) is 53.8 Å². The average molecular weight is 379 g/mol. The Morgan fingerprint density at radius 1 is 1.09 bits per heavy atom. The van der Waals surface area contributed by atoms with Crippen molar-refractivity contribution >= 4 is 39.1 Å². The van der Waals surface area contributed by atoms with Crippen LogP contribution < -0.4 is 16.2 Å². The van der Waals surface area contributed by atoms with Crippen molar-refractivity contribution in [1.82, 2.24) is 15.8 Å². The standard InChI is InChI=1S/C15H12BrFN4O2/c1-9(10-4-6-18-7-5-10)20-21-15(23)14(22)19-13-3-2-11(16)8-12(13)17/h2-8,20H,1H2,(H,19,22)(H,21,23). The number of pyridine rings is 1. The van der Waals surface area contributed by atoms with Gasteiger partial charge in [0.1, 0.15) is 5.82 Å². The van der Waals surface area contributed by atoms with Crippen LogP contribution in [0.1, 0.15) is 5.56 Å². The number of halogens is 2. The van der Waals surface area contributed by atoms with E-state index in [9.17, 15) is 14.0 Å². The molecule has 2 amide bonds. The first kappa shape index (κ1) is 16.6. The highest BCUT2D eigenvalue weighted by Crippen LogP contribution is 2.19. The molecule has 0 fully saturated rings. The molecule has 1 heterocycles. The molecule has 0 radical (unpaired) electrons. The highest BCUT2D eigenvalue weighted by molar-refractivity contribution is 9.10. The van der Waals surface area contributed by atoms with Crippen LogP contribution in [0.5, 0.6) is 0 Å². The first-order valence-corrected chi connectivity index (χ1v) is 7.18. The Bertz CT molecular complexity index is 752. The van der Waals surface area contributed by atoms with Crippen LogP contribution in [-0.4, -0.2) is 16.8 Å². The number of nitrogens with one attached hydrogen (secondary N) is 3. The lowest BCUT2D eigenvalue weighted by Gasteiger charge is -2.11. The van der Waals surface area contributed by atoms with E-state index in [0.29, 0.717) is 15.7 Å². The zero-order valence-electron chi connectivity index (χ0n) is 11.8. The van der Waals surface area contributed by atoms with Gasteiger partial charge in [0.05, 0.1) is 11.4 Å². The number of rotatable bonds is 4. The molecule has 118 valence electrons. The fourth-order valence-electron chi connectivity index (χ4n) is 1.58. The van der Waals surface area contributed by atoms with Crippen molar-refractivity contribution in [2.75, 3.05) is 5.32 Å². The van der Waals surface area contributed by atoms with E-state index in [4.69, 9.17) is 0 Å². The number of anilines is 1. The predicted molar refractivity (Wildman–Crippen MR) is 87.3 cm³/mol. The Morgan fingerprint density at radius 2 is 1.78 bits per heavy atom. The Morgan fingerprint density at radius 3 is 2.43 bits per heavy atom. The number of nitrogens with zero attached hydrogens (tertiary/aromatic N) is 1. The van der Waals surface area contributed by atoms with Gasteiger partial charge in [-0.25, -0.2) is 4.39 Å². The predicted octanol–water partition coefficient (Wildman–Crippen LogP) is 2.21. The SMILES string of the molecule is C=C(NNC(=O)C(=O)Nc1ccc(Br)cc1F)c1ccncc1. The van der Waals surface area contributed by atoms with Gasteiger partial charge in [0.15, 0.2) is 0 Å². The van der Waals surface area contributed by atoms with Crippen molar-refractivity contribution in [2.24, 2.45) is 0 Å². The first-order valence-electron chi connectivity index (χ1n) is 6.39. The average Bonchev–Trinajstić information content (AvgIpc) is 2.55. The third-order valence-corrected chi connectivity index (χ3v) is 3.23. The third kappa shape index (κ3) is 4.62.